The van der Waals surface area contributed by atoms with Crippen LogP contribution >= 0.6 is 11.6 Å². The van der Waals surface area contributed by atoms with Gasteiger partial charge in [0.15, 0.2) is 0 Å². The molecule has 0 bridgehead atoms. The minimum Gasteiger partial charge on any atom is -0.310 e. The molecule has 0 atom stereocenters. The number of anilines is 1. The van der Waals surface area contributed by atoms with Crippen molar-refractivity contribution < 1.29 is 13.2 Å². The molecule has 1 N–H and O–H groups in total. The van der Waals surface area contributed by atoms with Gasteiger partial charge in [0, 0.05) is 30.0 Å². The fraction of sp³-hybridized carbons (Fsp3) is 0.125. The van der Waals surface area contributed by atoms with E-state index in [1.165, 1.54) is 24.3 Å². The van der Waals surface area contributed by atoms with Crippen LogP contribution in [0.25, 0.3) is 0 Å². The molecule has 1 amide bonds. The van der Waals surface area contributed by atoms with E-state index in [0.717, 1.165) is 15.4 Å². The molecule has 0 aliphatic heterocycles. The van der Waals surface area contributed by atoms with Gasteiger partial charge in [-0.3, -0.25) is 9.78 Å². The average Bonchev–Trinajstić information content (AvgIpc) is 3.26. The fourth-order valence-electron chi connectivity index (χ4n) is 3.34. The first-order valence-corrected chi connectivity index (χ1v) is 12.2. The molecule has 2 aromatic carbocycles. The molecule has 0 saturated heterocycles. The maximum atomic E-state index is 13.4. The zero-order valence-electron chi connectivity index (χ0n) is 18.1. The maximum absolute atomic E-state index is 13.4. The van der Waals surface area contributed by atoms with Crippen LogP contribution in [0.2, 0.25) is 5.02 Å². The van der Waals surface area contributed by atoms with Crippen LogP contribution in [0.15, 0.2) is 96.3 Å². The van der Waals surface area contributed by atoms with E-state index in [9.17, 15) is 13.2 Å². The van der Waals surface area contributed by atoms with Gasteiger partial charge in [0.1, 0.15) is 5.82 Å². The van der Waals surface area contributed by atoms with Gasteiger partial charge in [-0.1, -0.05) is 41.9 Å². The number of hydrogen-bond acceptors (Lipinski definition) is 5. The molecule has 8 nitrogen and oxygen atoms in total. The lowest BCUT2D eigenvalue weighted by Crippen LogP contribution is -2.37. The zero-order chi connectivity index (χ0) is 24.0. The van der Waals surface area contributed by atoms with Crippen molar-refractivity contribution in [2.75, 3.05) is 11.9 Å². The van der Waals surface area contributed by atoms with E-state index in [4.69, 9.17) is 11.6 Å². The molecule has 174 valence electrons. The van der Waals surface area contributed by atoms with Crippen molar-refractivity contribution in [3.8, 4) is 0 Å². The van der Waals surface area contributed by atoms with Crippen LogP contribution in [0.5, 0.6) is 0 Å². The fourth-order valence-corrected chi connectivity index (χ4v) is 4.85. The van der Waals surface area contributed by atoms with Crippen molar-refractivity contribution in [3.05, 3.63) is 108 Å². The molecule has 0 saturated carbocycles. The number of hydrogen-bond donors (Lipinski definition) is 1. The standard InChI is InChI=1S/C24H22ClN5O3S/c25-21-6-8-22(9-7-21)34(32,33)29(16-19-4-2-1-3-5-19)18-24(31)28-23-12-15-27-30(23)17-20-10-13-26-14-11-20/h1-15H,16-18H2,(H,28,31). The first-order valence-electron chi connectivity index (χ1n) is 10.4. The molecule has 2 heterocycles. The zero-order valence-corrected chi connectivity index (χ0v) is 19.7. The SMILES string of the molecule is O=C(CN(Cc1ccccc1)S(=O)(=O)c1ccc(Cl)cc1)Nc1ccnn1Cc1ccncc1. The number of aromatic nitrogens is 3. The van der Waals surface area contributed by atoms with Gasteiger partial charge in [-0.05, 0) is 47.5 Å². The summed E-state index contributed by atoms with van der Waals surface area (Å²) >= 11 is 5.92. The highest BCUT2D eigenvalue weighted by molar-refractivity contribution is 7.89. The summed E-state index contributed by atoms with van der Waals surface area (Å²) in [6.07, 6.45) is 4.93. The minimum atomic E-state index is -3.96. The summed E-state index contributed by atoms with van der Waals surface area (Å²) in [4.78, 5) is 17.0. The van der Waals surface area contributed by atoms with Crippen molar-refractivity contribution in [1.29, 1.82) is 0 Å². The third kappa shape index (κ3) is 5.88. The largest absolute Gasteiger partial charge is 0.310 e. The van der Waals surface area contributed by atoms with Crippen molar-refractivity contribution in [2.45, 2.75) is 18.0 Å². The van der Waals surface area contributed by atoms with Gasteiger partial charge in [-0.2, -0.15) is 9.40 Å². The number of benzene rings is 2. The Balaban J connectivity index is 1.54. The normalized spacial score (nSPS) is 11.5. The van der Waals surface area contributed by atoms with Crippen molar-refractivity contribution in [2.24, 2.45) is 0 Å². The third-order valence-corrected chi connectivity index (χ3v) is 7.10. The summed E-state index contributed by atoms with van der Waals surface area (Å²) < 4.78 is 29.5. The summed E-state index contributed by atoms with van der Waals surface area (Å²) in [6.45, 7) is 0.0950. The van der Waals surface area contributed by atoms with E-state index >= 15 is 0 Å². The number of halogens is 1. The smallest absolute Gasteiger partial charge is 0.243 e. The second kappa shape index (κ2) is 10.6. The first-order chi connectivity index (χ1) is 16.4. The summed E-state index contributed by atoms with van der Waals surface area (Å²) in [7, 11) is -3.96. The highest BCUT2D eigenvalue weighted by Crippen LogP contribution is 2.21. The van der Waals surface area contributed by atoms with Crippen molar-refractivity contribution in [1.82, 2.24) is 19.1 Å². The molecule has 34 heavy (non-hydrogen) atoms. The molecular formula is C24H22ClN5O3S. The van der Waals surface area contributed by atoms with E-state index < -0.39 is 15.9 Å². The lowest BCUT2D eigenvalue weighted by Gasteiger charge is -2.22. The number of carbonyl (C=O) groups is 1. The number of carbonyl (C=O) groups excluding carboxylic acids is 1. The molecule has 4 aromatic rings. The van der Waals surface area contributed by atoms with E-state index in [-0.39, 0.29) is 18.0 Å². The van der Waals surface area contributed by atoms with E-state index in [2.05, 4.69) is 15.4 Å². The van der Waals surface area contributed by atoms with Crippen LogP contribution in [0.4, 0.5) is 5.82 Å². The maximum Gasteiger partial charge on any atom is 0.243 e. The second-order valence-corrected chi connectivity index (χ2v) is 9.86. The van der Waals surface area contributed by atoms with Gasteiger partial charge in [0.2, 0.25) is 15.9 Å². The molecule has 2 aromatic heterocycles. The monoisotopic (exact) mass is 495 g/mol. The highest BCUT2D eigenvalue weighted by atomic mass is 35.5. The molecule has 0 fully saturated rings. The third-order valence-electron chi connectivity index (χ3n) is 5.04. The van der Waals surface area contributed by atoms with E-state index in [1.54, 1.807) is 29.3 Å². The summed E-state index contributed by atoms with van der Waals surface area (Å²) in [5.41, 5.74) is 1.72. The Bertz CT molecular complexity index is 1340. The van der Waals surface area contributed by atoms with E-state index in [1.807, 2.05) is 42.5 Å². The highest BCUT2D eigenvalue weighted by Gasteiger charge is 2.27. The predicted octanol–water partition coefficient (Wildman–Crippen LogP) is 3.81. The molecule has 10 heteroatoms. The second-order valence-electron chi connectivity index (χ2n) is 7.49. The van der Waals surface area contributed by atoms with Crippen LogP contribution in [0, 0.1) is 0 Å². The Hall–Kier alpha value is -3.53. The lowest BCUT2D eigenvalue weighted by atomic mass is 10.2. The van der Waals surface area contributed by atoms with Gasteiger partial charge in [0.05, 0.1) is 24.2 Å². The first kappa shape index (κ1) is 23.6. The van der Waals surface area contributed by atoms with E-state index in [0.29, 0.717) is 17.4 Å². The topological polar surface area (TPSA) is 97.2 Å². The molecule has 0 spiro atoms. The van der Waals surface area contributed by atoms with Crippen LogP contribution in [0.1, 0.15) is 11.1 Å². The molecule has 0 radical (unpaired) electrons. The van der Waals surface area contributed by atoms with Gasteiger partial charge < -0.3 is 5.32 Å². The summed E-state index contributed by atoms with van der Waals surface area (Å²) in [5.74, 6) is -0.0182. The Morgan fingerprint density at radius 2 is 1.62 bits per heavy atom. The molecule has 0 aliphatic rings. The van der Waals surface area contributed by atoms with Crippen LogP contribution in [-0.2, 0) is 27.9 Å². The Morgan fingerprint density at radius 1 is 0.912 bits per heavy atom. The van der Waals surface area contributed by atoms with Crippen LogP contribution in [-0.4, -0.2) is 39.9 Å². The molecule has 0 unspecified atom stereocenters. The Morgan fingerprint density at radius 3 is 2.32 bits per heavy atom. The number of amides is 1. The molecule has 4 rings (SSSR count). The number of rotatable bonds is 9. The van der Waals surface area contributed by atoms with Crippen molar-refractivity contribution in [3.63, 3.8) is 0 Å². The number of sulfonamides is 1. The Labute approximate surface area is 202 Å². The van der Waals surface area contributed by atoms with Crippen LogP contribution in [0.3, 0.4) is 0 Å². The van der Waals surface area contributed by atoms with Gasteiger partial charge in [-0.15, -0.1) is 0 Å². The number of nitrogens with zero attached hydrogens (tertiary/aromatic N) is 4. The summed E-state index contributed by atoms with van der Waals surface area (Å²) in [5, 5.41) is 7.46. The minimum absolute atomic E-state index is 0.0372. The van der Waals surface area contributed by atoms with Gasteiger partial charge >= 0.3 is 0 Å². The Kier molecular flexibility index (Phi) is 7.36. The average molecular weight is 496 g/mol. The van der Waals surface area contributed by atoms with Gasteiger partial charge in [0.25, 0.3) is 0 Å². The number of nitrogens with one attached hydrogen (secondary N) is 1. The lowest BCUT2D eigenvalue weighted by molar-refractivity contribution is -0.116. The quantitative estimate of drug-likeness (QED) is 0.381. The number of pyridine rings is 1. The summed E-state index contributed by atoms with van der Waals surface area (Å²) in [6, 6.07) is 20.3. The van der Waals surface area contributed by atoms with Gasteiger partial charge in [-0.25, -0.2) is 13.1 Å². The van der Waals surface area contributed by atoms with Crippen molar-refractivity contribution >= 4 is 33.3 Å². The predicted molar refractivity (Wildman–Crippen MR) is 130 cm³/mol. The molecule has 0 aliphatic carbocycles. The molecular weight excluding hydrogens is 474 g/mol. The van der Waals surface area contributed by atoms with Crippen LogP contribution < -0.4 is 5.32 Å².